The van der Waals surface area contributed by atoms with Gasteiger partial charge in [-0.1, -0.05) is 24.6 Å². The molecule has 1 aromatic carbocycles. The van der Waals surface area contributed by atoms with Gasteiger partial charge in [-0.05, 0) is 43.2 Å². The third-order valence-corrected chi connectivity index (χ3v) is 5.01. The van der Waals surface area contributed by atoms with E-state index < -0.39 is 0 Å². The number of piperidine rings is 1. The van der Waals surface area contributed by atoms with Crippen LogP contribution in [-0.4, -0.2) is 29.4 Å². The molecule has 0 bridgehead atoms. The summed E-state index contributed by atoms with van der Waals surface area (Å²) in [7, 11) is 0. The van der Waals surface area contributed by atoms with Crippen molar-refractivity contribution in [2.75, 3.05) is 11.9 Å². The van der Waals surface area contributed by atoms with Gasteiger partial charge in [-0.15, -0.1) is 0 Å². The number of amides is 3. The topological polar surface area (TPSA) is 61.4 Å². The molecule has 5 nitrogen and oxygen atoms in total. The average molecular weight is 315 g/mol. The summed E-state index contributed by atoms with van der Waals surface area (Å²) in [6, 6.07) is 8.04. The minimum atomic E-state index is -0.103. The number of hydrogen-bond donors (Lipinski definition) is 2. The number of likely N-dealkylation sites (tertiary alicyclic amines) is 1. The zero-order valence-corrected chi connectivity index (χ0v) is 13.7. The predicted octanol–water partition coefficient (Wildman–Crippen LogP) is 3.12. The molecule has 0 radical (unpaired) electrons. The fraction of sp³-hybridized carbons (Fsp3) is 0.556. The summed E-state index contributed by atoms with van der Waals surface area (Å²) in [5.41, 5.74) is 1.69. The monoisotopic (exact) mass is 315 g/mol. The second-order valence-electron chi connectivity index (χ2n) is 6.59. The molecule has 2 atom stereocenters. The Morgan fingerprint density at radius 2 is 1.96 bits per heavy atom. The Hall–Kier alpha value is -2.04. The van der Waals surface area contributed by atoms with Crippen molar-refractivity contribution in [1.29, 1.82) is 0 Å². The van der Waals surface area contributed by atoms with Crippen LogP contribution < -0.4 is 10.6 Å². The van der Waals surface area contributed by atoms with Gasteiger partial charge in [0, 0.05) is 31.7 Å². The second-order valence-corrected chi connectivity index (χ2v) is 6.59. The average Bonchev–Trinajstić information content (AvgIpc) is 3.01. The van der Waals surface area contributed by atoms with E-state index in [9.17, 15) is 9.59 Å². The van der Waals surface area contributed by atoms with Crippen LogP contribution in [0.4, 0.5) is 10.5 Å². The Balaban J connectivity index is 1.62. The van der Waals surface area contributed by atoms with Crippen LogP contribution in [0.2, 0.25) is 0 Å². The van der Waals surface area contributed by atoms with Crippen molar-refractivity contribution in [3.05, 3.63) is 29.8 Å². The van der Waals surface area contributed by atoms with Crippen molar-refractivity contribution in [3.63, 3.8) is 0 Å². The van der Waals surface area contributed by atoms with Gasteiger partial charge in [-0.2, -0.15) is 0 Å². The van der Waals surface area contributed by atoms with Crippen LogP contribution in [0, 0.1) is 5.92 Å². The largest absolute Gasteiger partial charge is 0.334 e. The maximum Gasteiger partial charge on any atom is 0.317 e. The first-order valence-corrected chi connectivity index (χ1v) is 8.55. The minimum Gasteiger partial charge on any atom is -0.334 e. The highest BCUT2D eigenvalue weighted by Crippen LogP contribution is 2.36. The van der Waals surface area contributed by atoms with Gasteiger partial charge in [0.2, 0.25) is 5.91 Å². The molecule has 0 aromatic heterocycles. The van der Waals surface area contributed by atoms with E-state index in [0.29, 0.717) is 18.5 Å². The number of fused-ring (bicyclic) bond motifs is 1. The molecule has 3 rings (SSSR count). The van der Waals surface area contributed by atoms with Crippen LogP contribution in [0.5, 0.6) is 0 Å². The second kappa shape index (κ2) is 7.02. The quantitative estimate of drug-likeness (QED) is 0.900. The van der Waals surface area contributed by atoms with E-state index in [1.165, 1.54) is 26.2 Å². The van der Waals surface area contributed by atoms with Crippen molar-refractivity contribution in [3.8, 4) is 0 Å². The van der Waals surface area contributed by atoms with Gasteiger partial charge in [0.05, 0.1) is 0 Å². The summed E-state index contributed by atoms with van der Waals surface area (Å²) < 4.78 is 0. The lowest BCUT2D eigenvalue weighted by Gasteiger charge is -2.37. The molecular formula is C18H25N3O2. The summed E-state index contributed by atoms with van der Waals surface area (Å²) in [6.07, 6.45) is 6.02. The Kier molecular flexibility index (Phi) is 4.84. The molecule has 1 saturated heterocycles. The van der Waals surface area contributed by atoms with Crippen LogP contribution in [0.15, 0.2) is 24.3 Å². The van der Waals surface area contributed by atoms with Gasteiger partial charge >= 0.3 is 6.03 Å². The lowest BCUT2D eigenvalue weighted by atomic mass is 9.92. The highest BCUT2D eigenvalue weighted by Gasteiger charge is 2.37. The zero-order valence-electron chi connectivity index (χ0n) is 13.7. The first-order valence-electron chi connectivity index (χ1n) is 8.55. The fourth-order valence-electron chi connectivity index (χ4n) is 3.96. The van der Waals surface area contributed by atoms with Gasteiger partial charge in [0.15, 0.2) is 0 Å². The Morgan fingerprint density at radius 3 is 2.78 bits per heavy atom. The maximum absolute atomic E-state index is 12.6. The van der Waals surface area contributed by atoms with Crippen molar-refractivity contribution in [2.24, 2.45) is 5.92 Å². The van der Waals surface area contributed by atoms with Gasteiger partial charge in [-0.3, -0.25) is 4.79 Å². The summed E-state index contributed by atoms with van der Waals surface area (Å²) in [4.78, 5) is 25.9. The lowest BCUT2D eigenvalue weighted by Crippen LogP contribution is -2.50. The molecule has 3 amide bonds. The number of anilines is 1. The van der Waals surface area contributed by atoms with Crippen molar-refractivity contribution in [2.45, 2.75) is 51.6 Å². The van der Waals surface area contributed by atoms with Crippen LogP contribution in [-0.2, 0) is 11.3 Å². The minimum absolute atomic E-state index is 0.0271. The number of carbonyl (C=O) groups excluding carboxylic acids is 2. The van der Waals surface area contributed by atoms with Crippen molar-refractivity contribution < 1.29 is 9.59 Å². The third kappa shape index (κ3) is 3.66. The predicted molar refractivity (Wildman–Crippen MR) is 90.1 cm³/mol. The highest BCUT2D eigenvalue weighted by molar-refractivity contribution is 5.89. The molecule has 5 heteroatoms. The molecule has 0 spiro atoms. The van der Waals surface area contributed by atoms with Gasteiger partial charge in [0.25, 0.3) is 0 Å². The normalized spacial score (nSPS) is 23.3. The smallest absolute Gasteiger partial charge is 0.317 e. The number of hydrogen-bond acceptors (Lipinski definition) is 2. The molecule has 1 aromatic rings. The van der Waals surface area contributed by atoms with Crippen LogP contribution in [0.3, 0.4) is 0 Å². The van der Waals surface area contributed by atoms with E-state index in [1.807, 2.05) is 29.2 Å². The summed E-state index contributed by atoms with van der Waals surface area (Å²) in [5.74, 6) is 0.592. The molecular weight excluding hydrogens is 290 g/mol. The van der Waals surface area contributed by atoms with Crippen LogP contribution >= 0.6 is 0 Å². The number of para-hydroxylation sites is 1. The van der Waals surface area contributed by atoms with Crippen molar-refractivity contribution >= 4 is 17.6 Å². The van der Waals surface area contributed by atoms with E-state index in [0.717, 1.165) is 30.6 Å². The van der Waals surface area contributed by atoms with Gasteiger partial charge in [0.1, 0.15) is 0 Å². The molecule has 2 aliphatic rings. The van der Waals surface area contributed by atoms with E-state index in [1.54, 1.807) is 0 Å². The lowest BCUT2D eigenvalue weighted by molar-refractivity contribution is -0.114. The number of carbonyl (C=O) groups is 2. The number of benzene rings is 1. The molecule has 2 fully saturated rings. The van der Waals surface area contributed by atoms with Gasteiger partial charge < -0.3 is 15.5 Å². The Bertz CT molecular complexity index is 587. The number of nitrogens with one attached hydrogen (secondary N) is 2. The first kappa shape index (κ1) is 15.8. The molecule has 2 N–H and O–H groups in total. The van der Waals surface area contributed by atoms with Gasteiger partial charge in [-0.25, -0.2) is 4.79 Å². The highest BCUT2D eigenvalue weighted by atomic mass is 16.2. The number of rotatable bonds is 3. The molecule has 1 heterocycles. The van der Waals surface area contributed by atoms with Crippen LogP contribution in [0.25, 0.3) is 0 Å². The Morgan fingerprint density at radius 1 is 1.17 bits per heavy atom. The third-order valence-electron chi connectivity index (χ3n) is 5.01. The van der Waals surface area contributed by atoms with Crippen molar-refractivity contribution in [1.82, 2.24) is 10.2 Å². The van der Waals surface area contributed by atoms with Crippen LogP contribution in [0.1, 0.15) is 44.6 Å². The zero-order chi connectivity index (χ0) is 16.2. The summed E-state index contributed by atoms with van der Waals surface area (Å²) in [6.45, 7) is 2.78. The number of urea groups is 1. The maximum atomic E-state index is 12.6. The molecule has 124 valence electrons. The van der Waals surface area contributed by atoms with E-state index in [-0.39, 0.29) is 11.9 Å². The fourth-order valence-corrected chi connectivity index (χ4v) is 3.96. The Labute approximate surface area is 137 Å². The molecule has 23 heavy (non-hydrogen) atoms. The molecule has 2 unspecified atom stereocenters. The standard InChI is InChI=1S/C18H25N3O2/c1-13(22)20-16-9-3-2-6-15(16)12-19-18(23)21-11-5-8-14-7-4-10-17(14)21/h2-3,6,9,14,17H,4-5,7-8,10-12H2,1H3,(H,19,23)(H,20,22). The van der Waals surface area contributed by atoms with E-state index in [2.05, 4.69) is 10.6 Å². The van der Waals surface area contributed by atoms with E-state index >= 15 is 0 Å². The molecule has 1 saturated carbocycles. The molecule has 1 aliphatic carbocycles. The number of nitrogens with zero attached hydrogens (tertiary/aromatic N) is 1. The summed E-state index contributed by atoms with van der Waals surface area (Å²) >= 11 is 0. The first-order chi connectivity index (χ1) is 11.1. The molecule has 1 aliphatic heterocycles. The SMILES string of the molecule is CC(=O)Nc1ccccc1CNC(=O)N1CCCC2CCCC21. The van der Waals surface area contributed by atoms with E-state index in [4.69, 9.17) is 0 Å². The summed E-state index contributed by atoms with van der Waals surface area (Å²) in [5, 5.41) is 5.84.